The van der Waals surface area contributed by atoms with E-state index in [9.17, 15) is 5.11 Å². The third-order valence-electron chi connectivity index (χ3n) is 4.39. The lowest BCUT2D eigenvalue weighted by atomic mass is 9.80. The Morgan fingerprint density at radius 1 is 0.909 bits per heavy atom. The topological polar surface area (TPSA) is 20.2 Å². The highest BCUT2D eigenvalue weighted by atomic mass is 16.3. The molecular weight excluding hydrogens is 136 g/mol. The Morgan fingerprint density at radius 3 is 2.64 bits per heavy atom. The van der Waals surface area contributed by atoms with E-state index in [-0.39, 0.29) is 6.10 Å². The molecule has 0 saturated heterocycles. The minimum absolute atomic E-state index is 0.0827. The standard InChI is InChI=1S/C10H16O/c11-10-5-6-4-9(10)8-3-1-2-7(6)8/h6-11H,1-5H2/t6-,7+,8-,9-,10-/m1/s1. The number of hydrogen-bond acceptors (Lipinski definition) is 1. The molecule has 0 heterocycles. The van der Waals surface area contributed by atoms with Gasteiger partial charge in [0.1, 0.15) is 0 Å². The van der Waals surface area contributed by atoms with Crippen LogP contribution in [0.5, 0.6) is 0 Å². The van der Waals surface area contributed by atoms with Gasteiger partial charge >= 0.3 is 0 Å². The highest BCUT2D eigenvalue weighted by Crippen LogP contribution is 2.58. The van der Waals surface area contributed by atoms with E-state index in [0.29, 0.717) is 5.92 Å². The van der Waals surface area contributed by atoms with Crippen molar-refractivity contribution in [1.29, 1.82) is 0 Å². The first-order chi connectivity index (χ1) is 5.36. The molecule has 0 amide bonds. The van der Waals surface area contributed by atoms with Gasteiger partial charge in [0.2, 0.25) is 0 Å². The van der Waals surface area contributed by atoms with Crippen LogP contribution in [0, 0.1) is 23.7 Å². The zero-order valence-electron chi connectivity index (χ0n) is 6.87. The highest BCUT2D eigenvalue weighted by molar-refractivity contribution is 5.02. The van der Waals surface area contributed by atoms with Gasteiger partial charge in [0.05, 0.1) is 6.10 Å². The monoisotopic (exact) mass is 152 g/mol. The van der Waals surface area contributed by atoms with Crippen molar-refractivity contribution in [3.63, 3.8) is 0 Å². The van der Waals surface area contributed by atoms with Crippen LogP contribution in [0.15, 0.2) is 0 Å². The molecular formula is C10H16O. The van der Waals surface area contributed by atoms with Crippen LogP contribution < -0.4 is 0 Å². The maximum atomic E-state index is 9.67. The van der Waals surface area contributed by atoms with E-state index < -0.39 is 0 Å². The van der Waals surface area contributed by atoms with Crippen molar-refractivity contribution in [3.8, 4) is 0 Å². The fourth-order valence-corrected chi connectivity index (χ4v) is 4.03. The normalized spacial score (nSPS) is 60.3. The van der Waals surface area contributed by atoms with Gasteiger partial charge in [-0.15, -0.1) is 0 Å². The number of aliphatic hydroxyl groups is 1. The van der Waals surface area contributed by atoms with E-state index >= 15 is 0 Å². The Kier molecular flexibility index (Phi) is 1.18. The summed E-state index contributed by atoms with van der Waals surface area (Å²) in [5.41, 5.74) is 0. The molecule has 1 heteroatoms. The molecule has 3 rings (SSSR count). The molecule has 0 aromatic heterocycles. The molecule has 3 aliphatic rings. The SMILES string of the molecule is O[C@@H]1C[C@H]2C[C@@H]1[C@@H]1CCC[C@@H]21. The molecule has 0 aromatic carbocycles. The van der Waals surface area contributed by atoms with E-state index in [1.807, 2.05) is 0 Å². The van der Waals surface area contributed by atoms with E-state index in [1.54, 1.807) is 0 Å². The first kappa shape index (κ1) is 6.47. The second-order valence-electron chi connectivity index (χ2n) is 4.72. The average molecular weight is 152 g/mol. The molecule has 0 aromatic rings. The summed E-state index contributed by atoms with van der Waals surface area (Å²) < 4.78 is 0. The summed E-state index contributed by atoms with van der Waals surface area (Å²) in [6.07, 6.45) is 6.90. The van der Waals surface area contributed by atoms with Gasteiger partial charge in [0.15, 0.2) is 0 Å². The first-order valence-electron chi connectivity index (χ1n) is 5.04. The lowest BCUT2D eigenvalue weighted by Gasteiger charge is -2.28. The predicted octanol–water partition coefficient (Wildman–Crippen LogP) is 1.80. The second-order valence-corrected chi connectivity index (χ2v) is 4.72. The van der Waals surface area contributed by atoms with Gasteiger partial charge in [0, 0.05) is 0 Å². The minimum atomic E-state index is 0.0827. The average Bonchev–Trinajstić information content (AvgIpc) is 2.52. The molecule has 0 unspecified atom stereocenters. The summed E-state index contributed by atoms with van der Waals surface area (Å²) in [6.45, 7) is 0. The van der Waals surface area contributed by atoms with E-state index in [0.717, 1.165) is 24.2 Å². The van der Waals surface area contributed by atoms with Crippen LogP contribution in [0.3, 0.4) is 0 Å². The van der Waals surface area contributed by atoms with Crippen molar-refractivity contribution in [2.45, 2.75) is 38.2 Å². The molecule has 2 bridgehead atoms. The molecule has 0 spiro atoms. The van der Waals surface area contributed by atoms with Crippen LogP contribution in [-0.2, 0) is 0 Å². The lowest BCUT2D eigenvalue weighted by molar-refractivity contribution is 0.0642. The second kappa shape index (κ2) is 2.01. The van der Waals surface area contributed by atoms with Crippen LogP contribution in [0.4, 0.5) is 0 Å². The van der Waals surface area contributed by atoms with Crippen LogP contribution in [0.2, 0.25) is 0 Å². The van der Waals surface area contributed by atoms with E-state index in [1.165, 1.54) is 25.7 Å². The summed E-state index contributed by atoms with van der Waals surface area (Å²) in [5, 5.41) is 9.67. The molecule has 0 radical (unpaired) electrons. The Labute approximate surface area is 67.8 Å². The molecule has 11 heavy (non-hydrogen) atoms. The number of hydrogen-bond donors (Lipinski definition) is 1. The molecule has 62 valence electrons. The third-order valence-corrected chi connectivity index (χ3v) is 4.39. The molecule has 3 aliphatic carbocycles. The molecule has 3 fully saturated rings. The van der Waals surface area contributed by atoms with Crippen molar-refractivity contribution in [3.05, 3.63) is 0 Å². The Balaban J connectivity index is 1.90. The van der Waals surface area contributed by atoms with Gasteiger partial charge in [-0.1, -0.05) is 6.42 Å². The first-order valence-corrected chi connectivity index (χ1v) is 5.04. The van der Waals surface area contributed by atoms with Crippen molar-refractivity contribution < 1.29 is 5.11 Å². The quantitative estimate of drug-likeness (QED) is 0.561. The Bertz CT molecular complexity index is 178. The summed E-state index contributed by atoms with van der Waals surface area (Å²) in [7, 11) is 0. The van der Waals surface area contributed by atoms with Gasteiger partial charge in [-0.05, 0) is 49.4 Å². The predicted molar refractivity (Wildman–Crippen MR) is 43.1 cm³/mol. The third kappa shape index (κ3) is 0.703. The van der Waals surface area contributed by atoms with Gasteiger partial charge in [0.25, 0.3) is 0 Å². The summed E-state index contributed by atoms with van der Waals surface area (Å²) in [5.74, 6) is 3.60. The van der Waals surface area contributed by atoms with Crippen molar-refractivity contribution in [1.82, 2.24) is 0 Å². The highest BCUT2D eigenvalue weighted by Gasteiger charge is 2.53. The van der Waals surface area contributed by atoms with Gasteiger partial charge in [-0.25, -0.2) is 0 Å². The summed E-state index contributed by atoms with van der Waals surface area (Å²) in [6, 6.07) is 0. The van der Waals surface area contributed by atoms with Crippen LogP contribution >= 0.6 is 0 Å². The van der Waals surface area contributed by atoms with Crippen molar-refractivity contribution in [2.24, 2.45) is 23.7 Å². The van der Waals surface area contributed by atoms with Gasteiger partial charge in [-0.2, -0.15) is 0 Å². The number of fused-ring (bicyclic) bond motifs is 5. The van der Waals surface area contributed by atoms with Crippen LogP contribution in [-0.4, -0.2) is 11.2 Å². The fraction of sp³-hybridized carbons (Fsp3) is 1.00. The molecule has 5 atom stereocenters. The Hall–Kier alpha value is -0.0400. The number of aliphatic hydroxyl groups excluding tert-OH is 1. The molecule has 3 saturated carbocycles. The van der Waals surface area contributed by atoms with Gasteiger partial charge < -0.3 is 5.11 Å². The molecule has 0 aliphatic heterocycles. The van der Waals surface area contributed by atoms with Gasteiger partial charge in [-0.3, -0.25) is 0 Å². The maximum absolute atomic E-state index is 9.67. The lowest BCUT2D eigenvalue weighted by Crippen LogP contribution is -2.27. The van der Waals surface area contributed by atoms with Crippen LogP contribution in [0.25, 0.3) is 0 Å². The van der Waals surface area contributed by atoms with E-state index in [4.69, 9.17) is 0 Å². The fourth-order valence-electron chi connectivity index (χ4n) is 4.03. The Morgan fingerprint density at radius 2 is 1.73 bits per heavy atom. The minimum Gasteiger partial charge on any atom is -0.393 e. The van der Waals surface area contributed by atoms with Crippen LogP contribution in [0.1, 0.15) is 32.1 Å². The summed E-state index contributed by atoms with van der Waals surface area (Å²) >= 11 is 0. The largest absolute Gasteiger partial charge is 0.393 e. The number of rotatable bonds is 0. The van der Waals surface area contributed by atoms with Crippen molar-refractivity contribution >= 4 is 0 Å². The van der Waals surface area contributed by atoms with Crippen molar-refractivity contribution in [2.75, 3.05) is 0 Å². The zero-order chi connectivity index (χ0) is 7.42. The van der Waals surface area contributed by atoms with E-state index in [2.05, 4.69) is 0 Å². The maximum Gasteiger partial charge on any atom is 0.0574 e. The zero-order valence-corrected chi connectivity index (χ0v) is 6.87. The smallest absolute Gasteiger partial charge is 0.0574 e. The molecule has 1 nitrogen and oxygen atoms in total. The molecule has 1 N–H and O–H groups in total. The summed E-state index contributed by atoms with van der Waals surface area (Å²) in [4.78, 5) is 0.